The Morgan fingerprint density at radius 2 is 2.07 bits per heavy atom. The predicted octanol–water partition coefficient (Wildman–Crippen LogP) is 2.58. The normalized spacial score (nSPS) is 18.4. The fraction of sp³-hybridized carbons (Fsp3) is 1.00. The van der Waals surface area contributed by atoms with Gasteiger partial charge in [0.2, 0.25) is 0 Å². The van der Waals surface area contributed by atoms with Gasteiger partial charge in [-0.25, -0.2) is 0 Å². The Morgan fingerprint density at radius 3 is 2.64 bits per heavy atom. The summed E-state index contributed by atoms with van der Waals surface area (Å²) in [5.41, 5.74) is 0. The molecule has 0 saturated heterocycles. The zero-order valence-electron chi connectivity index (χ0n) is 9.72. The van der Waals surface area contributed by atoms with Gasteiger partial charge >= 0.3 is 0 Å². The van der Waals surface area contributed by atoms with Gasteiger partial charge in [0.25, 0.3) is 0 Å². The second-order valence-corrected chi connectivity index (χ2v) is 4.36. The molecule has 0 spiro atoms. The highest BCUT2D eigenvalue weighted by Gasteiger charge is 2.21. The summed E-state index contributed by atoms with van der Waals surface area (Å²) in [7, 11) is 0. The van der Waals surface area contributed by atoms with Crippen LogP contribution in [0, 0.1) is 5.92 Å². The fourth-order valence-corrected chi connectivity index (χ4v) is 1.57. The molecule has 1 N–H and O–H groups in total. The summed E-state index contributed by atoms with van der Waals surface area (Å²) in [6.07, 6.45) is 6.41. The summed E-state index contributed by atoms with van der Waals surface area (Å²) in [4.78, 5) is 0. The van der Waals surface area contributed by atoms with Crippen molar-refractivity contribution in [2.45, 2.75) is 52.0 Å². The Morgan fingerprint density at radius 1 is 1.29 bits per heavy atom. The largest absolute Gasteiger partial charge is 0.381 e. The molecule has 1 rings (SSSR count). The lowest BCUT2D eigenvalue weighted by Gasteiger charge is -2.15. The van der Waals surface area contributed by atoms with Crippen molar-refractivity contribution in [2.24, 2.45) is 5.92 Å². The molecule has 84 valence electrons. The maximum Gasteiger partial charge on any atom is 0.0469 e. The van der Waals surface area contributed by atoms with E-state index in [9.17, 15) is 0 Å². The second kappa shape index (κ2) is 7.24. The van der Waals surface area contributed by atoms with E-state index >= 15 is 0 Å². The minimum absolute atomic E-state index is 0.812. The molecule has 1 saturated carbocycles. The van der Waals surface area contributed by atoms with Crippen molar-refractivity contribution in [3.63, 3.8) is 0 Å². The molecule has 1 fully saturated rings. The van der Waals surface area contributed by atoms with Gasteiger partial charge in [-0.15, -0.1) is 0 Å². The summed E-state index contributed by atoms with van der Waals surface area (Å²) < 4.78 is 5.51. The molecule has 0 aromatic rings. The van der Waals surface area contributed by atoms with Crippen LogP contribution in [0.1, 0.15) is 46.0 Å². The highest BCUT2D eigenvalue weighted by molar-refractivity contribution is 4.81. The first-order chi connectivity index (χ1) is 6.86. The molecule has 1 unspecified atom stereocenters. The third-order valence-corrected chi connectivity index (χ3v) is 2.87. The lowest BCUT2D eigenvalue weighted by Crippen LogP contribution is -2.25. The quantitative estimate of drug-likeness (QED) is 0.576. The van der Waals surface area contributed by atoms with Gasteiger partial charge in [-0.05, 0) is 38.1 Å². The smallest absolute Gasteiger partial charge is 0.0469 e. The molecule has 1 aliphatic rings. The van der Waals surface area contributed by atoms with E-state index < -0.39 is 0 Å². The van der Waals surface area contributed by atoms with Gasteiger partial charge in [-0.3, -0.25) is 0 Å². The Hall–Kier alpha value is -0.0800. The molecule has 2 nitrogen and oxygen atoms in total. The van der Waals surface area contributed by atoms with Crippen molar-refractivity contribution in [3.05, 3.63) is 0 Å². The Bertz CT molecular complexity index is 134. The van der Waals surface area contributed by atoms with E-state index in [2.05, 4.69) is 19.2 Å². The fourth-order valence-electron chi connectivity index (χ4n) is 1.57. The van der Waals surface area contributed by atoms with Gasteiger partial charge in [0.05, 0.1) is 0 Å². The standard InChI is InChI=1S/C12H25NO/c1-3-8-14-9-7-11(4-2)10-13-12-5-6-12/h11-13H,3-10H2,1-2H3. The molecule has 0 aromatic carbocycles. The topological polar surface area (TPSA) is 21.3 Å². The van der Waals surface area contributed by atoms with Gasteiger partial charge in [0.15, 0.2) is 0 Å². The predicted molar refractivity (Wildman–Crippen MR) is 60.5 cm³/mol. The summed E-state index contributed by atoms with van der Waals surface area (Å²) in [5.74, 6) is 0.812. The highest BCUT2D eigenvalue weighted by atomic mass is 16.5. The first-order valence-electron chi connectivity index (χ1n) is 6.18. The van der Waals surface area contributed by atoms with Crippen molar-refractivity contribution in [3.8, 4) is 0 Å². The summed E-state index contributed by atoms with van der Waals surface area (Å²) in [6, 6.07) is 0.848. The number of hydrogen-bond donors (Lipinski definition) is 1. The van der Waals surface area contributed by atoms with Gasteiger partial charge in [-0.2, -0.15) is 0 Å². The van der Waals surface area contributed by atoms with Gasteiger partial charge in [0.1, 0.15) is 0 Å². The number of hydrogen-bond acceptors (Lipinski definition) is 2. The van der Waals surface area contributed by atoms with E-state index in [0.29, 0.717) is 0 Å². The monoisotopic (exact) mass is 199 g/mol. The third kappa shape index (κ3) is 5.61. The molecule has 1 atom stereocenters. The van der Waals surface area contributed by atoms with Crippen LogP contribution in [-0.2, 0) is 4.74 Å². The molecular weight excluding hydrogens is 174 g/mol. The van der Waals surface area contributed by atoms with Crippen molar-refractivity contribution < 1.29 is 4.74 Å². The van der Waals surface area contributed by atoms with E-state index in [1.807, 2.05) is 0 Å². The maximum atomic E-state index is 5.51. The van der Waals surface area contributed by atoms with Crippen LogP contribution in [0.4, 0.5) is 0 Å². The molecular formula is C12H25NO. The average molecular weight is 199 g/mol. The number of rotatable bonds is 9. The van der Waals surface area contributed by atoms with E-state index in [4.69, 9.17) is 4.74 Å². The summed E-state index contributed by atoms with van der Waals surface area (Å²) >= 11 is 0. The second-order valence-electron chi connectivity index (χ2n) is 4.36. The van der Waals surface area contributed by atoms with E-state index in [0.717, 1.165) is 31.6 Å². The molecule has 0 bridgehead atoms. The molecule has 2 heteroatoms. The SMILES string of the molecule is CCCOCCC(CC)CNC1CC1. The minimum Gasteiger partial charge on any atom is -0.381 e. The van der Waals surface area contributed by atoms with Crippen molar-refractivity contribution in [1.82, 2.24) is 5.32 Å². The highest BCUT2D eigenvalue weighted by Crippen LogP contribution is 2.19. The molecule has 0 heterocycles. The van der Waals surface area contributed by atoms with Crippen LogP contribution in [0.15, 0.2) is 0 Å². The van der Waals surface area contributed by atoms with Crippen LogP contribution < -0.4 is 5.32 Å². The third-order valence-electron chi connectivity index (χ3n) is 2.87. The Balaban J connectivity index is 1.93. The molecule has 0 aliphatic heterocycles. The van der Waals surface area contributed by atoms with Crippen LogP contribution in [0.2, 0.25) is 0 Å². The lowest BCUT2D eigenvalue weighted by atomic mass is 10.0. The zero-order chi connectivity index (χ0) is 10.2. The molecule has 0 aromatic heterocycles. The van der Waals surface area contributed by atoms with E-state index in [1.165, 1.54) is 32.2 Å². The van der Waals surface area contributed by atoms with Gasteiger partial charge in [0, 0.05) is 19.3 Å². The maximum absolute atomic E-state index is 5.51. The lowest BCUT2D eigenvalue weighted by molar-refractivity contribution is 0.119. The molecule has 1 aliphatic carbocycles. The van der Waals surface area contributed by atoms with Gasteiger partial charge < -0.3 is 10.1 Å². The summed E-state index contributed by atoms with van der Waals surface area (Å²) in [5, 5.41) is 3.59. The number of nitrogens with one attached hydrogen (secondary N) is 1. The van der Waals surface area contributed by atoms with Crippen molar-refractivity contribution in [2.75, 3.05) is 19.8 Å². The Kier molecular flexibility index (Phi) is 6.20. The van der Waals surface area contributed by atoms with Crippen molar-refractivity contribution >= 4 is 0 Å². The van der Waals surface area contributed by atoms with Crippen LogP contribution >= 0.6 is 0 Å². The summed E-state index contributed by atoms with van der Waals surface area (Å²) in [6.45, 7) is 7.49. The van der Waals surface area contributed by atoms with Crippen LogP contribution in [0.25, 0.3) is 0 Å². The first kappa shape index (κ1) is 12.0. The van der Waals surface area contributed by atoms with Crippen LogP contribution in [-0.4, -0.2) is 25.8 Å². The minimum atomic E-state index is 0.812. The molecule has 0 amide bonds. The zero-order valence-corrected chi connectivity index (χ0v) is 9.72. The first-order valence-corrected chi connectivity index (χ1v) is 6.18. The van der Waals surface area contributed by atoms with E-state index in [1.54, 1.807) is 0 Å². The molecule has 14 heavy (non-hydrogen) atoms. The average Bonchev–Trinajstić information content (AvgIpc) is 3.01. The van der Waals surface area contributed by atoms with Crippen LogP contribution in [0.3, 0.4) is 0 Å². The van der Waals surface area contributed by atoms with Crippen molar-refractivity contribution in [1.29, 1.82) is 0 Å². The van der Waals surface area contributed by atoms with Gasteiger partial charge in [-0.1, -0.05) is 20.3 Å². The molecule has 0 radical (unpaired) electrons. The number of ether oxygens (including phenoxy) is 1. The van der Waals surface area contributed by atoms with E-state index in [-0.39, 0.29) is 0 Å². The van der Waals surface area contributed by atoms with Crippen LogP contribution in [0.5, 0.6) is 0 Å². The Labute approximate surface area is 88.4 Å².